The third-order valence-electron chi connectivity index (χ3n) is 5.49. The minimum atomic E-state index is 0.259. The van der Waals surface area contributed by atoms with Crippen LogP contribution in [0.15, 0.2) is 49.1 Å². The van der Waals surface area contributed by atoms with Gasteiger partial charge < -0.3 is 9.80 Å². The van der Waals surface area contributed by atoms with E-state index in [9.17, 15) is 0 Å². The van der Waals surface area contributed by atoms with Gasteiger partial charge in [0, 0.05) is 50.0 Å². The largest absolute Gasteiger partial charge is 0.350 e. The summed E-state index contributed by atoms with van der Waals surface area (Å²) in [5.74, 6) is 1.87. The van der Waals surface area contributed by atoms with Gasteiger partial charge in [-0.05, 0) is 38.1 Å². The lowest BCUT2D eigenvalue weighted by Crippen LogP contribution is -2.58. The van der Waals surface area contributed by atoms with Crippen LogP contribution in [0.5, 0.6) is 0 Å². The van der Waals surface area contributed by atoms with Crippen molar-refractivity contribution in [3.8, 4) is 0 Å². The Bertz CT molecular complexity index is 1060. The van der Waals surface area contributed by atoms with Crippen molar-refractivity contribution in [3.63, 3.8) is 0 Å². The molecule has 0 aliphatic carbocycles. The van der Waals surface area contributed by atoms with Crippen LogP contribution in [0.1, 0.15) is 13.8 Å². The molecule has 0 spiro atoms. The molecule has 0 bridgehead atoms. The van der Waals surface area contributed by atoms with Crippen molar-refractivity contribution in [1.29, 1.82) is 0 Å². The average molecular weight is 372 g/mol. The topological polar surface area (TPSA) is 83.8 Å². The Morgan fingerprint density at radius 1 is 0.643 bits per heavy atom. The van der Waals surface area contributed by atoms with Gasteiger partial charge in [-0.1, -0.05) is 0 Å². The number of hydrogen-bond donors (Lipinski definition) is 0. The van der Waals surface area contributed by atoms with E-state index in [0.29, 0.717) is 11.3 Å². The van der Waals surface area contributed by atoms with Gasteiger partial charge >= 0.3 is 0 Å². The molecular formula is C20H20N8. The molecule has 1 aliphatic rings. The molecule has 8 nitrogen and oxygen atoms in total. The lowest BCUT2D eigenvalue weighted by atomic mass is 10.0. The SMILES string of the molecule is CC1C(C)N(c2ccc3nccnc3n2)CCN1c1ccc2nccnc2n1. The first-order valence-electron chi connectivity index (χ1n) is 9.39. The predicted molar refractivity (Wildman–Crippen MR) is 108 cm³/mol. The van der Waals surface area contributed by atoms with Gasteiger partial charge in [0.25, 0.3) is 0 Å². The fourth-order valence-corrected chi connectivity index (χ4v) is 3.80. The van der Waals surface area contributed by atoms with Gasteiger partial charge in [-0.2, -0.15) is 0 Å². The maximum atomic E-state index is 4.72. The second kappa shape index (κ2) is 6.63. The third-order valence-corrected chi connectivity index (χ3v) is 5.49. The Balaban J connectivity index is 1.43. The molecule has 2 atom stereocenters. The van der Waals surface area contributed by atoms with Crippen LogP contribution >= 0.6 is 0 Å². The van der Waals surface area contributed by atoms with Crippen LogP contribution in [0.25, 0.3) is 22.3 Å². The Labute approximate surface area is 162 Å². The predicted octanol–water partition coefficient (Wildman–Crippen LogP) is 2.47. The van der Waals surface area contributed by atoms with Crippen LogP contribution in [0.3, 0.4) is 0 Å². The number of hydrogen-bond acceptors (Lipinski definition) is 8. The Morgan fingerprint density at radius 2 is 1.07 bits per heavy atom. The summed E-state index contributed by atoms with van der Waals surface area (Å²) < 4.78 is 0. The highest BCUT2D eigenvalue weighted by Crippen LogP contribution is 2.27. The number of fused-ring (bicyclic) bond motifs is 2. The van der Waals surface area contributed by atoms with Gasteiger partial charge in [-0.15, -0.1) is 0 Å². The van der Waals surface area contributed by atoms with Gasteiger partial charge in [0.1, 0.15) is 22.7 Å². The maximum Gasteiger partial charge on any atom is 0.180 e. The smallest absolute Gasteiger partial charge is 0.180 e. The minimum Gasteiger partial charge on any atom is -0.350 e. The van der Waals surface area contributed by atoms with Crippen molar-refractivity contribution in [2.45, 2.75) is 25.9 Å². The quantitative estimate of drug-likeness (QED) is 0.531. The number of nitrogens with zero attached hydrogens (tertiary/aromatic N) is 8. The molecular weight excluding hydrogens is 352 g/mol. The van der Waals surface area contributed by atoms with E-state index in [1.807, 2.05) is 24.3 Å². The zero-order valence-electron chi connectivity index (χ0n) is 15.8. The second-order valence-corrected chi connectivity index (χ2v) is 7.01. The van der Waals surface area contributed by atoms with Crippen LogP contribution in [-0.2, 0) is 0 Å². The van der Waals surface area contributed by atoms with Crippen molar-refractivity contribution in [2.75, 3.05) is 22.9 Å². The summed E-state index contributed by atoms with van der Waals surface area (Å²) in [5.41, 5.74) is 2.98. The molecule has 0 saturated carbocycles. The number of aromatic nitrogens is 6. The summed E-state index contributed by atoms with van der Waals surface area (Å²) in [4.78, 5) is 31.4. The zero-order valence-corrected chi connectivity index (χ0v) is 15.8. The summed E-state index contributed by atoms with van der Waals surface area (Å²) in [6.45, 7) is 6.15. The lowest BCUT2D eigenvalue weighted by Gasteiger charge is -2.46. The highest BCUT2D eigenvalue weighted by molar-refractivity contribution is 5.73. The molecule has 1 aliphatic heterocycles. The molecule has 1 saturated heterocycles. The van der Waals surface area contributed by atoms with E-state index in [-0.39, 0.29) is 12.1 Å². The summed E-state index contributed by atoms with van der Waals surface area (Å²) in [6.07, 6.45) is 6.73. The summed E-state index contributed by atoms with van der Waals surface area (Å²) in [5, 5.41) is 0. The first-order valence-corrected chi connectivity index (χ1v) is 9.39. The van der Waals surface area contributed by atoms with Crippen LogP contribution in [0, 0.1) is 0 Å². The highest BCUT2D eigenvalue weighted by Gasteiger charge is 2.32. The van der Waals surface area contributed by atoms with Crippen molar-refractivity contribution in [3.05, 3.63) is 49.1 Å². The van der Waals surface area contributed by atoms with E-state index in [1.165, 1.54) is 0 Å². The minimum absolute atomic E-state index is 0.259. The van der Waals surface area contributed by atoms with E-state index >= 15 is 0 Å². The molecule has 0 aromatic carbocycles. The van der Waals surface area contributed by atoms with Gasteiger partial charge in [0.2, 0.25) is 0 Å². The van der Waals surface area contributed by atoms with E-state index in [4.69, 9.17) is 9.97 Å². The Kier molecular flexibility index (Phi) is 3.96. The molecule has 0 N–H and O–H groups in total. The Hall–Kier alpha value is -3.42. The van der Waals surface area contributed by atoms with Crippen LogP contribution < -0.4 is 9.80 Å². The molecule has 5 heterocycles. The molecule has 5 rings (SSSR count). The summed E-state index contributed by atoms with van der Waals surface area (Å²) in [6, 6.07) is 8.54. The van der Waals surface area contributed by atoms with Crippen LogP contribution in [-0.4, -0.2) is 55.1 Å². The molecule has 0 radical (unpaired) electrons. The van der Waals surface area contributed by atoms with Crippen molar-refractivity contribution < 1.29 is 0 Å². The fourth-order valence-electron chi connectivity index (χ4n) is 3.80. The monoisotopic (exact) mass is 372 g/mol. The van der Waals surface area contributed by atoms with Gasteiger partial charge in [-0.3, -0.25) is 9.97 Å². The molecule has 8 heteroatoms. The standard InChI is InChI=1S/C20H20N8/c1-13-14(2)28(18-6-4-16-20(26-18)24-10-8-22-16)12-11-27(13)17-5-3-15-19(25-17)23-9-7-21-15/h3-10,13-14H,11-12H2,1-2H3. The third kappa shape index (κ3) is 2.77. The number of piperazine rings is 1. The molecule has 140 valence electrons. The molecule has 1 fully saturated rings. The zero-order chi connectivity index (χ0) is 19.1. The van der Waals surface area contributed by atoms with Gasteiger partial charge in [0.05, 0.1) is 0 Å². The summed E-state index contributed by atoms with van der Waals surface area (Å²) in [7, 11) is 0. The molecule has 28 heavy (non-hydrogen) atoms. The normalized spacial score (nSPS) is 20.1. The first-order chi connectivity index (χ1) is 13.7. The van der Waals surface area contributed by atoms with E-state index < -0.39 is 0 Å². The van der Waals surface area contributed by atoms with Gasteiger partial charge in [-0.25, -0.2) is 19.9 Å². The molecule has 4 aromatic rings. The van der Waals surface area contributed by atoms with E-state index in [0.717, 1.165) is 35.8 Å². The molecule has 0 amide bonds. The average Bonchev–Trinajstić information content (AvgIpc) is 2.75. The summed E-state index contributed by atoms with van der Waals surface area (Å²) >= 11 is 0. The van der Waals surface area contributed by atoms with Crippen molar-refractivity contribution >= 4 is 34.0 Å². The number of anilines is 2. The number of pyridine rings is 2. The Morgan fingerprint density at radius 3 is 1.54 bits per heavy atom. The molecule has 4 aromatic heterocycles. The highest BCUT2D eigenvalue weighted by atomic mass is 15.3. The number of rotatable bonds is 2. The van der Waals surface area contributed by atoms with E-state index in [2.05, 4.69) is 43.6 Å². The fraction of sp³-hybridized carbons (Fsp3) is 0.300. The molecule has 2 unspecified atom stereocenters. The van der Waals surface area contributed by atoms with E-state index in [1.54, 1.807) is 24.8 Å². The van der Waals surface area contributed by atoms with Crippen LogP contribution in [0.2, 0.25) is 0 Å². The van der Waals surface area contributed by atoms with Crippen molar-refractivity contribution in [2.24, 2.45) is 0 Å². The van der Waals surface area contributed by atoms with Gasteiger partial charge in [0.15, 0.2) is 11.3 Å². The van der Waals surface area contributed by atoms with Crippen LogP contribution in [0.4, 0.5) is 11.6 Å². The first kappa shape index (κ1) is 16.7. The second-order valence-electron chi connectivity index (χ2n) is 7.01. The lowest BCUT2D eigenvalue weighted by molar-refractivity contribution is 0.451. The maximum absolute atomic E-state index is 4.72. The van der Waals surface area contributed by atoms with Crippen molar-refractivity contribution in [1.82, 2.24) is 29.9 Å².